The molecule has 0 aliphatic carbocycles. The number of H-pyrrole nitrogens is 1. The van der Waals surface area contributed by atoms with Crippen LogP contribution in [-0.4, -0.2) is 34.1 Å². The van der Waals surface area contributed by atoms with Crippen LogP contribution in [0.15, 0.2) is 53.8 Å². The smallest absolute Gasteiger partial charge is 0.226 e. The lowest BCUT2D eigenvalue weighted by Crippen LogP contribution is -2.28. The number of carbonyl (C=O) groups is 1. The Labute approximate surface area is 162 Å². The van der Waals surface area contributed by atoms with E-state index in [1.54, 1.807) is 19.5 Å². The molecule has 0 bridgehead atoms. The van der Waals surface area contributed by atoms with Gasteiger partial charge in [-0.25, -0.2) is 4.99 Å². The molecule has 0 saturated heterocycles. The second-order valence-electron chi connectivity index (χ2n) is 6.69. The van der Waals surface area contributed by atoms with Gasteiger partial charge in [0.2, 0.25) is 11.8 Å². The van der Waals surface area contributed by atoms with Crippen LogP contribution in [-0.2, 0) is 22.5 Å². The predicted molar refractivity (Wildman–Crippen MR) is 106 cm³/mol. The third kappa shape index (κ3) is 3.51. The number of methoxy groups -OCH3 is 1. The minimum atomic E-state index is -0.0761. The Balaban J connectivity index is 1.58. The van der Waals surface area contributed by atoms with Gasteiger partial charge in [0.25, 0.3) is 0 Å². The lowest BCUT2D eigenvalue weighted by Gasteiger charge is -2.15. The van der Waals surface area contributed by atoms with Crippen molar-refractivity contribution in [3.8, 4) is 11.3 Å². The Morgan fingerprint density at radius 3 is 2.86 bits per heavy atom. The maximum absolute atomic E-state index is 12.6. The summed E-state index contributed by atoms with van der Waals surface area (Å²) in [5, 5.41) is 9.86. The molecular weight excluding hydrogens is 354 g/mol. The van der Waals surface area contributed by atoms with Crippen LogP contribution < -0.4 is 5.32 Å². The van der Waals surface area contributed by atoms with Gasteiger partial charge in [-0.15, -0.1) is 0 Å². The van der Waals surface area contributed by atoms with Gasteiger partial charge in [0, 0.05) is 11.8 Å². The topological polar surface area (TPSA) is 92.3 Å². The Bertz CT molecular complexity index is 1010. The van der Waals surface area contributed by atoms with E-state index < -0.39 is 0 Å². The van der Waals surface area contributed by atoms with Gasteiger partial charge in [-0.3, -0.25) is 14.9 Å². The second kappa shape index (κ2) is 7.64. The van der Waals surface area contributed by atoms with Gasteiger partial charge in [-0.05, 0) is 24.1 Å². The highest BCUT2D eigenvalue weighted by molar-refractivity contribution is 6.03. The number of amides is 1. The first kappa shape index (κ1) is 17.9. The van der Waals surface area contributed by atoms with Crippen molar-refractivity contribution in [1.82, 2.24) is 20.5 Å². The van der Waals surface area contributed by atoms with Crippen LogP contribution in [0.3, 0.4) is 0 Å². The number of fused-ring (bicyclic) bond motifs is 1. The predicted octanol–water partition coefficient (Wildman–Crippen LogP) is 2.80. The van der Waals surface area contributed by atoms with Gasteiger partial charge in [0.05, 0.1) is 49.3 Å². The molecule has 1 aliphatic heterocycles. The highest BCUT2D eigenvalue weighted by atomic mass is 16.5. The van der Waals surface area contributed by atoms with E-state index in [9.17, 15) is 4.79 Å². The number of aromatic nitrogens is 3. The molecule has 1 aliphatic rings. The van der Waals surface area contributed by atoms with Crippen molar-refractivity contribution in [2.24, 2.45) is 4.99 Å². The van der Waals surface area contributed by atoms with Crippen LogP contribution in [0, 0.1) is 0 Å². The lowest BCUT2D eigenvalue weighted by molar-refractivity contribution is -0.121. The maximum atomic E-state index is 12.6. The van der Waals surface area contributed by atoms with Crippen molar-refractivity contribution >= 4 is 11.8 Å². The van der Waals surface area contributed by atoms with Gasteiger partial charge in [-0.2, -0.15) is 5.10 Å². The van der Waals surface area contributed by atoms with E-state index in [2.05, 4.69) is 20.5 Å². The van der Waals surface area contributed by atoms with Crippen molar-refractivity contribution in [2.45, 2.75) is 25.9 Å². The summed E-state index contributed by atoms with van der Waals surface area (Å²) in [6.07, 6.45) is 3.67. The van der Waals surface area contributed by atoms with Gasteiger partial charge in [0.1, 0.15) is 0 Å². The molecule has 7 heteroatoms. The Morgan fingerprint density at radius 1 is 1.32 bits per heavy atom. The summed E-state index contributed by atoms with van der Waals surface area (Å²) in [6, 6.07) is 11.7. The van der Waals surface area contributed by atoms with Crippen LogP contribution in [0.5, 0.6) is 0 Å². The summed E-state index contributed by atoms with van der Waals surface area (Å²) in [6.45, 7) is 2.49. The van der Waals surface area contributed by atoms with E-state index in [-0.39, 0.29) is 18.4 Å². The number of benzene rings is 1. The monoisotopic (exact) mass is 375 g/mol. The zero-order chi connectivity index (χ0) is 19.5. The summed E-state index contributed by atoms with van der Waals surface area (Å²) < 4.78 is 5.40. The summed E-state index contributed by atoms with van der Waals surface area (Å²) >= 11 is 0. The fraction of sp³-hybridized carbons (Fsp3) is 0.238. The minimum absolute atomic E-state index is 0.0695. The highest BCUT2D eigenvalue weighted by Crippen LogP contribution is 2.30. The number of hydrogen-bond acceptors (Lipinski definition) is 5. The lowest BCUT2D eigenvalue weighted by atomic mass is 10.0. The fourth-order valence-electron chi connectivity index (χ4n) is 3.39. The number of ether oxygens (including phenoxy) is 1. The molecule has 0 unspecified atom stereocenters. The number of hydrogen-bond donors (Lipinski definition) is 2. The molecule has 4 rings (SSSR count). The Kier molecular flexibility index (Phi) is 4.89. The molecule has 1 aromatic carbocycles. The van der Waals surface area contributed by atoms with Crippen molar-refractivity contribution in [3.05, 3.63) is 71.2 Å². The SMILES string of the molecule is COC1=NCc2cc(CC(=O)N[C@H](C)c3ccccc3)nc(-c3cn[nH]c3)c21. The Morgan fingerprint density at radius 2 is 2.14 bits per heavy atom. The zero-order valence-electron chi connectivity index (χ0n) is 15.8. The first-order valence-electron chi connectivity index (χ1n) is 9.10. The summed E-state index contributed by atoms with van der Waals surface area (Å²) in [5.74, 6) is 0.486. The molecule has 3 aromatic rings. The quantitative estimate of drug-likeness (QED) is 0.717. The van der Waals surface area contributed by atoms with Crippen LogP contribution >= 0.6 is 0 Å². The summed E-state index contributed by atoms with van der Waals surface area (Å²) in [7, 11) is 1.60. The van der Waals surface area contributed by atoms with E-state index in [1.165, 1.54) is 0 Å². The average molecular weight is 375 g/mol. The average Bonchev–Trinajstić information content (AvgIpc) is 3.37. The van der Waals surface area contributed by atoms with Gasteiger partial charge < -0.3 is 10.1 Å². The van der Waals surface area contributed by atoms with E-state index in [1.807, 2.05) is 43.3 Å². The van der Waals surface area contributed by atoms with E-state index in [0.717, 1.165) is 27.9 Å². The van der Waals surface area contributed by atoms with Crippen LogP contribution in [0.1, 0.15) is 35.3 Å². The molecule has 28 heavy (non-hydrogen) atoms. The molecule has 0 fully saturated rings. The molecule has 7 nitrogen and oxygen atoms in total. The molecule has 2 aromatic heterocycles. The Hall–Kier alpha value is -3.48. The third-order valence-electron chi connectivity index (χ3n) is 4.74. The van der Waals surface area contributed by atoms with E-state index >= 15 is 0 Å². The third-order valence-corrected chi connectivity index (χ3v) is 4.74. The minimum Gasteiger partial charge on any atom is -0.481 e. The normalized spacial score (nSPS) is 13.6. The standard InChI is InChI=1S/C21H21N5O2/c1-13(14-6-4-3-5-7-14)25-18(27)9-17-8-15-10-22-21(28-2)19(15)20(26-17)16-11-23-24-12-16/h3-8,11-13H,9-10H2,1-2H3,(H,23,24)(H,25,27)/t13-/m1/s1. The molecule has 1 amide bonds. The first-order chi connectivity index (χ1) is 13.7. The van der Waals surface area contributed by atoms with Gasteiger partial charge in [0.15, 0.2) is 0 Å². The number of nitrogens with zero attached hydrogens (tertiary/aromatic N) is 3. The van der Waals surface area contributed by atoms with Crippen LogP contribution in [0.25, 0.3) is 11.3 Å². The number of carbonyl (C=O) groups excluding carboxylic acids is 1. The second-order valence-corrected chi connectivity index (χ2v) is 6.69. The molecule has 0 saturated carbocycles. The van der Waals surface area contributed by atoms with E-state index in [4.69, 9.17) is 9.72 Å². The van der Waals surface area contributed by atoms with E-state index in [0.29, 0.717) is 18.1 Å². The molecular formula is C21H21N5O2. The highest BCUT2D eigenvalue weighted by Gasteiger charge is 2.25. The molecule has 1 atom stereocenters. The van der Waals surface area contributed by atoms with Crippen molar-refractivity contribution in [1.29, 1.82) is 0 Å². The number of pyridine rings is 1. The van der Waals surface area contributed by atoms with Crippen LogP contribution in [0.4, 0.5) is 0 Å². The number of nitrogens with one attached hydrogen (secondary N) is 2. The molecule has 2 N–H and O–H groups in total. The largest absolute Gasteiger partial charge is 0.481 e. The summed E-state index contributed by atoms with van der Waals surface area (Å²) in [4.78, 5) is 21.7. The molecule has 142 valence electrons. The van der Waals surface area contributed by atoms with Crippen molar-refractivity contribution in [3.63, 3.8) is 0 Å². The molecule has 0 radical (unpaired) electrons. The first-order valence-corrected chi connectivity index (χ1v) is 9.10. The van der Waals surface area contributed by atoms with Crippen molar-refractivity contribution < 1.29 is 9.53 Å². The number of rotatable bonds is 5. The fourth-order valence-corrected chi connectivity index (χ4v) is 3.39. The van der Waals surface area contributed by atoms with Gasteiger partial charge in [-0.1, -0.05) is 30.3 Å². The van der Waals surface area contributed by atoms with Crippen LogP contribution in [0.2, 0.25) is 0 Å². The summed E-state index contributed by atoms with van der Waals surface area (Å²) in [5.41, 5.74) is 5.19. The molecule has 3 heterocycles. The van der Waals surface area contributed by atoms with Gasteiger partial charge >= 0.3 is 0 Å². The molecule has 0 spiro atoms. The zero-order valence-corrected chi connectivity index (χ0v) is 15.8. The number of aromatic amines is 1. The van der Waals surface area contributed by atoms with Crippen molar-refractivity contribution in [2.75, 3.05) is 7.11 Å². The maximum Gasteiger partial charge on any atom is 0.226 e. The number of aliphatic imine (C=N–C) groups is 1.